The lowest BCUT2D eigenvalue weighted by atomic mass is 9.47. The number of nitrogens with one attached hydrogen (secondary N) is 2. The zero-order valence-corrected chi connectivity index (χ0v) is 16.7. The Morgan fingerprint density at radius 3 is 2.28 bits per heavy atom. The first-order valence-corrected chi connectivity index (χ1v) is 10.5. The topological polar surface area (TPSA) is 24.1 Å². The van der Waals surface area contributed by atoms with Crippen molar-refractivity contribution >= 4 is 23.0 Å². The van der Waals surface area contributed by atoms with E-state index in [0.717, 1.165) is 28.6 Å². The molecule has 0 aromatic heterocycles. The van der Waals surface area contributed by atoms with Crippen LogP contribution < -0.4 is 10.6 Å². The molecular weight excluding hydrogens is 324 g/mol. The zero-order valence-electron chi connectivity index (χ0n) is 15.9. The van der Waals surface area contributed by atoms with Crippen LogP contribution in [0.1, 0.15) is 63.0 Å². The fourth-order valence-corrected chi connectivity index (χ4v) is 6.73. The van der Waals surface area contributed by atoms with Crippen molar-refractivity contribution in [2.75, 3.05) is 5.32 Å². The summed E-state index contributed by atoms with van der Waals surface area (Å²) in [5, 5.41) is 8.01. The monoisotopic (exact) mass is 356 g/mol. The highest BCUT2D eigenvalue weighted by Crippen LogP contribution is 2.61. The summed E-state index contributed by atoms with van der Waals surface area (Å²) in [5.74, 6) is 2.97. The van der Waals surface area contributed by atoms with Gasteiger partial charge in [-0.3, -0.25) is 0 Å². The van der Waals surface area contributed by atoms with Gasteiger partial charge >= 0.3 is 0 Å². The van der Waals surface area contributed by atoms with E-state index in [2.05, 4.69) is 49.6 Å². The van der Waals surface area contributed by atoms with Crippen molar-refractivity contribution in [3.8, 4) is 0 Å². The van der Waals surface area contributed by atoms with Gasteiger partial charge in [0.2, 0.25) is 0 Å². The Balaban J connectivity index is 1.47. The maximum absolute atomic E-state index is 5.71. The van der Waals surface area contributed by atoms with Crippen LogP contribution in [-0.2, 0) is 0 Å². The molecule has 0 heterocycles. The van der Waals surface area contributed by atoms with Crippen LogP contribution in [0.3, 0.4) is 0 Å². The van der Waals surface area contributed by atoms with E-state index < -0.39 is 0 Å². The van der Waals surface area contributed by atoms with Crippen LogP contribution >= 0.6 is 12.2 Å². The summed E-state index contributed by atoms with van der Waals surface area (Å²) < 4.78 is 0. The Morgan fingerprint density at radius 1 is 1.12 bits per heavy atom. The average Bonchev–Trinajstić information content (AvgIpc) is 2.54. The van der Waals surface area contributed by atoms with Crippen molar-refractivity contribution in [2.45, 2.75) is 71.8 Å². The summed E-state index contributed by atoms with van der Waals surface area (Å²) >= 11 is 5.71. The van der Waals surface area contributed by atoms with Crippen LogP contribution in [-0.4, -0.2) is 11.2 Å². The molecule has 2 N–H and O–H groups in total. The van der Waals surface area contributed by atoms with Crippen LogP contribution in [0.15, 0.2) is 18.2 Å². The van der Waals surface area contributed by atoms with Crippen molar-refractivity contribution in [3.05, 3.63) is 29.3 Å². The molecule has 1 aromatic rings. The molecular formula is C22H32N2S. The standard InChI is InChI=1S/C22H32N2S/c1-4-20(22-11-16-8-17(12-22)10-18(9-16)13-22)24-21(25)23-19-7-14(2)5-6-15(19)3/h5-7,16-18,20H,4,8-13H2,1-3H3,(H2,23,24,25). The van der Waals surface area contributed by atoms with Gasteiger partial charge in [-0.25, -0.2) is 0 Å². The van der Waals surface area contributed by atoms with Crippen molar-refractivity contribution in [3.63, 3.8) is 0 Å². The molecule has 136 valence electrons. The molecule has 4 aliphatic carbocycles. The highest BCUT2D eigenvalue weighted by molar-refractivity contribution is 7.80. The molecule has 2 nitrogen and oxygen atoms in total. The number of rotatable bonds is 4. The third-order valence-corrected chi connectivity index (χ3v) is 7.40. The molecule has 0 amide bonds. The fourth-order valence-electron chi connectivity index (χ4n) is 6.48. The van der Waals surface area contributed by atoms with Gasteiger partial charge in [-0.1, -0.05) is 19.1 Å². The van der Waals surface area contributed by atoms with Crippen LogP contribution in [0.5, 0.6) is 0 Å². The number of anilines is 1. The number of aryl methyl sites for hydroxylation is 2. The van der Waals surface area contributed by atoms with E-state index in [1.165, 1.54) is 56.1 Å². The van der Waals surface area contributed by atoms with Gasteiger partial charge in [0, 0.05) is 11.7 Å². The van der Waals surface area contributed by atoms with Gasteiger partial charge in [0.25, 0.3) is 0 Å². The van der Waals surface area contributed by atoms with E-state index in [1.54, 1.807) is 0 Å². The second-order valence-electron chi connectivity index (χ2n) is 9.16. The predicted octanol–water partition coefficient (Wildman–Crippen LogP) is 5.58. The largest absolute Gasteiger partial charge is 0.359 e. The average molecular weight is 357 g/mol. The van der Waals surface area contributed by atoms with E-state index in [1.807, 2.05) is 0 Å². The number of thiocarbonyl (C=S) groups is 1. The molecule has 25 heavy (non-hydrogen) atoms. The Kier molecular flexibility index (Phi) is 4.56. The molecule has 0 radical (unpaired) electrons. The second kappa shape index (κ2) is 6.57. The molecule has 4 bridgehead atoms. The SMILES string of the molecule is CCC(NC(=S)Nc1cc(C)ccc1C)C12CC3CC(CC(C3)C1)C2. The highest BCUT2D eigenvalue weighted by atomic mass is 32.1. The Bertz CT molecular complexity index is 631. The Labute approximate surface area is 158 Å². The molecule has 4 fully saturated rings. The lowest BCUT2D eigenvalue weighted by Gasteiger charge is -2.59. The van der Waals surface area contributed by atoms with Crippen LogP contribution in [0.25, 0.3) is 0 Å². The fraction of sp³-hybridized carbons (Fsp3) is 0.682. The second-order valence-corrected chi connectivity index (χ2v) is 9.57. The molecule has 3 heteroatoms. The minimum Gasteiger partial charge on any atom is -0.359 e. The molecule has 0 aliphatic heterocycles. The van der Waals surface area contributed by atoms with Crippen molar-refractivity contribution in [1.82, 2.24) is 5.32 Å². The number of benzene rings is 1. The quantitative estimate of drug-likeness (QED) is 0.688. The van der Waals surface area contributed by atoms with E-state index in [9.17, 15) is 0 Å². The van der Waals surface area contributed by atoms with Gasteiger partial charge in [0.05, 0.1) is 0 Å². The first kappa shape index (κ1) is 17.3. The van der Waals surface area contributed by atoms with Crippen molar-refractivity contribution in [2.24, 2.45) is 23.2 Å². The highest BCUT2D eigenvalue weighted by Gasteiger charge is 2.53. The lowest BCUT2D eigenvalue weighted by molar-refractivity contribution is -0.0709. The van der Waals surface area contributed by atoms with Gasteiger partial charge < -0.3 is 10.6 Å². The smallest absolute Gasteiger partial charge is 0.171 e. The Hall–Kier alpha value is -1.09. The summed E-state index contributed by atoms with van der Waals surface area (Å²) in [5.41, 5.74) is 4.15. The summed E-state index contributed by atoms with van der Waals surface area (Å²) in [7, 11) is 0. The van der Waals surface area contributed by atoms with Crippen LogP contribution in [0, 0.1) is 37.0 Å². The van der Waals surface area contributed by atoms with Gasteiger partial charge in [-0.2, -0.15) is 0 Å². The molecule has 1 aromatic carbocycles. The molecule has 4 saturated carbocycles. The first-order valence-electron chi connectivity index (χ1n) is 10.1. The third kappa shape index (κ3) is 3.32. The van der Waals surface area contributed by atoms with Crippen LogP contribution in [0.2, 0.25) is 0 Å². The number of hydrogen-bond acceptors (Lipinski definition) is 1. The van der Waals surface area contributed by atoms with Gasteiger partial charge in [0.15, 0.2) is 5.11 Å². The van der Waals surface area contributed by atoms with Crippen molar-refractivity contribution in [1.29, 1.82) is 0 Å². The van der Waals surface area contributed by atoms with E-state index >= 15 is 0 Å². The lowest BCUT2D eigenvalue weighted by Crippen LogP contribution is -2.57. The molecule has 1 atom stereocenters. The Morgan fingerprint density at radius 2 is 1.72 bits per heavy atom. The van der Waals surface area contributed by atoms with Gasteiger partial charge in [-0.15, -0.1) is 0 Å². The number of hydrogen-bond donors (Lipinski definition) is 2. The third-order valence-electron chi connectivity index (χ3n) is 7.18. The van der Waals surface area contributed by atoms with E-state index in [0.29, 0.717) is 11.5 Å². The zero-order chi connectivity index (χ0) is 17.6. The molecule has 4 aliphatic rings. The van der Waals surface area contributed by atoms with Crippen molar-refractivity contribution < 1.29 is 0 Å². The minimum absolute atomic E-state index is 0.497. The molecule has 0 saturated heterocycles. The first-order chi connectivity index (χ1) is 12.0. The molecule has 5 rings (SSSR count). The van der Waals surface area contributed by atoms with E-state index in [4.69, 9.17) is 12.2 Å². The summed E-state index contributed by atoms with van der Waals surface area (Å²) in [6, 6.07) is 7.03. The normalized spacial score (nSPS) is 34.0. The molecule has 1 unspecified atom stereocenters. The summed E-state index contributed by atoms with van der Waals surface area (Å²) in [6.07, 6.45) is 9.95. The predicted molar refractivity (Wildman–Crippen MR) is 110 cm³/mol. The van der Waals surface area contributed by atoms with E-state index in [-0.39, 0.29) is 0 Å². The summed E-state index contributed by atoms with van der Waals surface area (Å²) in [6.45, 7) is 6.60. The van der Waals surface area contributed by atoms with Gasteiger partial charge in [-0.05, 0) is 111 Å². The summed E-state index contributed by atoms with van der Waals surface area (Å²) in [4.78, 5) is 0. The minimum atomic E-state index is 0.497. The van der Waals surface area contributed by atoms with Gasteiger partial charge in [0.1, 0.15) is 0 Å². The van der Waals surface area contributed by atoms with Crippen LogP contribution in [0.4, 0.5) is 5.69 Å². The maximum atomic E-state index is 5.71. The maximum Gasteiger partial charge on any atom is 0.171 e. The molecule has 0 spiro atoms.